The highest BCUT2D eigenvalue weighted by atomic mass is 32.2. The number of ether oxygens (including phenoxy) is 1. The number of thioether (sulfide) groups is 1. The van der Waals surface area contributed by atoms with E-state index in [4.69, 9.17) is 10.5 Å². The zero-order chi connectivity index (χ0) is 8.97. The number of hydrogen-bond acceptors (Lipinski definition) is 6. The first-order chi connectivity index (χ1) is 5.74. The van der Waals surface area contributed by atoms with Gasteiger partial charge in [-0.15, -0.1) is 5.10 Å². The van der Waals surface area contributed by atoms with Crippen LogP contribution in [-0.4, -0.2) is 48.5 Å². The minimum Gasteiger partial charge on any atom is -0.383 e. The molecular formula is C6H14N4OS. The molecule has 0 bridgehead atoms. The first-order valence-electron chi connectivity index (χ1n) is 3.68. The van der Waals surface area contributed by atoms with Crippen molar-refractivity contribution >= 4 is 16.9 Å². The lowest BCUT2D eigenvalue weighted by Gasteiger charge is -2.24. The molecule has 1 rings (SSSR count). The smallest absolute Gasteiger partial charge is 0.181 e. The average molecular weight is 190 g/mol. The van der Waals surface area contributed by atoms with Crippen molar-refractivity contribution in [3.8, 4) is 0 Å². The number of hydrazone groups is 1. The SMILES string of the molecule is COCCN(C)N1CSC(N)=N1. The highest BCUT2D eigenvalue weighted by molar-refractivity contribution is 8.13. The molecule has 0 amide bonds. The third-order valence-corrected chi connectivity index (χ3v) is 2.29. The largest absolute Gasteiger partial charge is 0.383 e. The number of likely N-dealkylation sites (N-methyl/N-ethyl adjacent to an activating group) is 1. The lowest BCUT2D eigenvalue weighted by Crippen LogP contribution is -2.36. The molecule has 0 saturated heterocycles. The Morgan fingerprint density at radius 2 is 2.58 bits per heavy atom. The Bertz CT molecular complexity index is 175. The molecule has 0 aromatic heterocycles. The number of hydrogen-bond donors (Lipinski definition) is 1. The van der Waals surface area contributed by atoms with E-state index in [1.807, 2.05) is 17.2 Å². The van der Waals surface area contributed by atoms with Crippen LogP contribution in [0.15, 0.2) is 5.10 Å². The van der Waals surface area contributed by atoms with E-state index in [2.05, 4.69) is 5.10 Å². The van der Waals surface area contributed by atoms with Crippen LogP contribution in [0.4, 0.5) is 0 Å². The first kappa shape index (κ1) is 9.63. The first-order valence-corrected chi connectivity index (χ1v) is 4.67. The van der Waals surface area contributed by atoms with Crippen LogP contribution >= 0.6 is 11.8 Å². The van der Waals surface area contributed by atoms with Gasteiger partial charge < -0.3 is 10.5 Å². The van der Waals surface area contributed by atoms with E-state index >= 15 is 0 Å². The molecule has 1 aliphatic rings. The molecular weight excluding hydrogens is 176 g/mol. The molecule has 0 atom stereocenters. The number of hydrazine groups is 1. The Hall–Kier alpha value is -0.460. The molecule has 6 heteroatoms. The predicted octanol–water partition coefficient (Wildman–Crippen LogP) is -0.284. The quantitative estimate of drug-likeness (QED) is 0.660. The lowest BCUT2D eigenvalue weighted by atomic mass is 10.7. The topological polar surface area (TPSA) is 54.1 Å². The van der Waals surface area contributed by atoms with Crippen LogP contribution in [0.3, 0.4) is 0 Å². The summed E-state index contributed by atoms with van der Waals surface area (Å²) in [7, 11) is 3.64. The molecule has 0 aromatic carbocycles. The summed E-state index contributed by atoms with van der Waals surface area (Å²) in [4.78, 5) is 0. The van der Waals surface area contributed by atoms with Crippen molar-refractivity contribution in [3.63, 3.8) is 0 Å². The standard InChI is InChI=1S/C6H14N4OS/c1-9(3-4-11-2)10-5-12-6(7)8-10/h3-5H2,1-2H3,(H2,7,8). The molecule has 12 heavy (non-hydrogen) atoms. The summed E-state index contributed by atoms with van der Waals surface area (Å²) in [5.41, 5.74) is 5.50. The minimum atomic E-state index is 0.624. The Morgan fingerprint density at radius 1 is 1.83 bits per heavy atom. The van der Waals surface area contributed by atoms with Gasteiger partial charge in [0.25, 0.3) is 0 Å². The predicted molar refractivity (Wildman–Crippen MR) is 50.4 cm³/mol. The van der Waals surface area contributed by atoms with Gasteiger partial charge in [0.2, 0.25) is 0 Å². The summed E-state index contributed by atoms with van der Waals surface area (Å²) in [5.74, 6) is 0.798. The molecule has 0 aromatic rings. The van der Waals surface area contributed by atoms with Crippen LogP contribution in [0.2, 0.25) is 0 Å². The molecule has 0 unspecified atom stereocenters. The lowest BCUT2D eigenvalue weighted by molar-refractivity contribution is 0.00495. The van der Waals surface area contributed by atoms with Gasteiger partial charge in [0.15, 0.2) is 5.17 Å². The van der Waals surface area contributed by atoms with Gasteiger partial charge in [-0.25, -0.2) is 10.1 Å². The molecule has 1 heterocycles. The zero-order valence-electron chi connectivity index (χ0n) is 7.36. The van der Waals surface area contributed by atoms with Gasteiger partial charge in [-0.05, 0) is 0 Å². The highest BCUT2D eigenvalue weighted by Gasteiger charge is 2.15. The Balaban J connectivity index is 2.28. The van der Waals surface area contributed by atoms with Gasteiger partial charge in [0.1, 0.15) is 5.88 Å². The van der Waals surface area contributed by atoms with Gasteiger partial charge in [-0.2, -0.15) is 0 Å². The molecule has 0 saturated carbocycles. The van der Waals surface area contributed by atoms with E-state index in [1.165, 1.54) is 11.8 Å². The second-order valence-electron chi connectivity index (χ2n) is 2.46. The fourth-order valence-electron chi connectivity index (χ4n) is 0.809. The van der Waals surface area contributed by atoms with Crippen LogP contribution in [0.1, 0.15) is 0 Å². The van der Waals surface area contributed by atoms with Crippen LogP contribution < -0.4 is 5.73 Å². The number of nitrogens with zero attached hydrogens (tertiary/aromatic N) is 3. The molecule has 0 spiro atoms. The van der Waals surface area contributed by atoms with Crippen molar-refractivity contribution in [3.05, 3.63) is 0 Å². The third-order valence-electron chi connectivity index (χ3n) is 1.56. The molecule has 1 aliphatic heterocycles. The summed E-state index contributed by atoms with van der Waals surface area (Å²) in [6, 6.07) is 0. The maximum atomic E-state index is 5.50. The molecule has 0 radical (unpaired) electrons. The summed E-state index contributed by atoms with van der Waals surface area (Å²) in [6.07, 6.45) is 0. The second-order valence-corrected chi connectivity index (χ2v) is 3.42. The van der Waals surface area contributed by atoms with Crippen molar-refractivity contribution in [2.75, 3.05) is 33.2 Å². The zero-order valence-corrected chi connectivity index (χ0v) is 8.17. The molecule has 0 fully saturated rings. The summed E-state index contributed by atoms with van der Waals surface area (Å²) in [6.45, 7) is 1.53. The van der Waals surface area contributed by atoms with Crippen molar-refractivity contribution < 1.29 is 4.74 Å². The van der Waals surface area contributed by atoms with Gasteiger partial charge in [-0.1, -0.05) is 11.8 Å². The van der Waals surface area contributed by atoms with Crippen molar-refractivity contribution in [2.45, 2.75) is 0 Å². The summed E-state index contributed by atoms with van der Waals surface area (Å²) in [5, 5.41) is 8.54. The average Bonchev–Trinajstić information content (AvgIpc) is 2.47. The molecule has 70 valence electrons. The normalized spacial score (nSPS) is 17.2. The van der Waals surface area contributed by atoms with E-state index in [-0.39, 0.29) is 0 Å². The van der Waals surface area contributed by atoms with Crippen molar-refractivity contribution in [2.24, 2.45) is 10.8 Å². The summed E-state index contributed by atoms with van der Waals surface area (Å²) < 4.78 is 4.94. The van der Waals surface area contributed by atoms with E-state index in [9.17, 15) is 0 Å². The van der Waals surface area contributed by atoms with E-state index in [0.717, 1.165) is 12.4 Å². The molecule has 5 nitrogen and oxygen atoms in total. The van der Waals surface area contributed by atoms with E-state index in [1.54, 1.807) is 7.11 Å². The highest BCUT2D eigenvalue weighted by Crippen LogP contribution is 2.14. The molecule has 0 aliphatic carbocycles. The van der Waals surface area contributed by atoms with Crippen LogP contribution in [0.25, 0.3) is 0 Å². The minimum absolute atomic E-state index is 0.624. The summed E-state index contributed by atoms with van der Waals surface area (Å²) >= 11 is 1.54. The monoisotopic (exact) mass is 190 g/mol. The van der Waals surface area contributed by atoms with Crippen LogP contribution in [0, 0.1) is 0 Å². The van der Waals surface area contributed by atoms with Gasteiger partial charge in [-0.3, -0.25) is 0 Å². The number of amidine groups is 1. The fourth-order valence-corrected chi connectivity index (χ4v) is 1.46. The maximum absolute atomic E-state index is 5.50. The fraction of sp³-hybridized carbons (Fsp3) is 0.833. The van der Waals surface area contributed by atoms with Gasteiger partial charge >= 0.3 is 0 Å². The Labute approximate surface area is 76.5 Å². The van der Waals surface area contributed by atoms with Gasteiger partial charge in [0.05, 0.1) is 6.61 Å². The van der Waals surface area contributed by atoms with Crippen LogP contribution in [0.5, 0.6) is 0 Å². The Kier molecular flexibility index (Phi) is 3.64. The second kappa shape index (κ2) is 4.54. The third kappa shape index (κ3) is 2.54. The van der Waals surface area contributed by atoms with Crippen molar-refractivity contribution in [1.82, 2.24) is 10.1 Å². The van der Waals surface area contributed by atoms with E-state index < -0.39 is 0 Å². The van der Waals surface area contributed by atoms with Crippen LogP contribution in [-0.2, 0) is 4.74 Å². The van der Waals surface area contributed by atoms with Gasteiger partial charge in [0, 0.05) is 20.7 Å². The number of nitrogens with two attached hydrogens (primary N) is 1. The number of methoxy groups -OCH3 is 1. The molecule has 2 N–H and O–H groups in total. The number of rotatable bonds is 4. The van der Waals surface area contributed by atoms with E-state index in [0.29, 0.717) is 11.8 Å². The Morgan fingerprint density at radius 3 is 3.08 bits per heavy atom. The van der Waals surface area contributed by atoms with Crippen molar-refractivity contribution in [1.29, 1.82) is 0 Å². The maximum Gasteiger partial charge on any atom is 0.181 e.